The lowest BCUT2D eigenvalue weighted by molar-refractivity contribution is 0.219. The van der Waals surface area contributed by atoms with Crippen molar-refractivity contribution in [2.24, 2.45) is 0 Å². The van der Waals surface area contributed by atoms with Gasteiger partial charge in [-0.25, -0.2) is 4.98 Å². The van der Waals surface area contributed by atoms with Crippen molar-refractivity contribution in [3.63, 3.8) is 0 Å². The Morgan fingerprint density at radius 3 is 2.81 bits per heavy atom. The molecule has 1 aromatic heterocycles. The molecule has 112 valence electrons. The Labute approximate surface area is 126 Å². The monoisotopic (exact) mass is 284 g/mol. The fourth-order valence-electron chi connectivity index (χ4n) is 3.05. The van der Waals surface area contributed by atoms with Gasteiger partial charge < -0.3 is 16.0 Å². The number of benzene rings is 1. The van der Waals surface area contributed by atoms with Crippen LogP contribution in [0.4, 0.5) is 11.5 Å². The molecule has 0 spiro atoms. The van der Waals surface area contributed by atoms with Gasteiger partial charge in [-0.15, -0.1) is 0 Å². The van der Waals surface area contributed by atoms with Gasteiger partial charge in [0, 0.05) is 30.2 Å². The van der Waals surface area contributed by atoms with Crippen molar-refractivity contribution in [3.05, 3.63) is 30.3 Å². The average molecular weight is 284 g/mol. The summed E-state index contributed by atoms with van der Waals surface area (Å²) in [7, 11) is 0. The quantitative estimate of drug-likeness (QED) is 0.847. The van der Waals surface area contributed by atoms with Crippen LogP contribution in [0, 0.1) is 0 Å². The summed E-state index contributed by atoms with van der Waals surface area (Å²) in [6.07, 6.45) is 3.64. The number of hydrogen-bond donors (Lipinski definition) is 2. The Morgan fingerprint density at radius 1 is 1.24 bits per heavy atom. The van der Waals surface area contributed by atoms with Gasteiger partial charge in [0.2, 0.25) is 0 Å². The first kappa shape index (κ1) is 14.1. The van der Waals surface area contributed by atoms with Crippen molar-refractivity contribution in [1.29, 1.82) is 0 Å². The molecule has 0 amide bonds. The van der Waals surface area contributed by atoms with Gasteiger partial charge in [0.25, 0.3) is 0 Å². The molecule has 0 radical (unpaired) electrons. The first-order valence-corrected chi connectivity index (χ1v) is 7.90. The molecule has 1 aliphatic heterocycles. The van der Waals surface area contributed by atoms with E-state index in [1.54, 1.807) is 0 Å². The normalized spacial score (nSPS) is 17.2. The highest BCUT2D eigenvalue weighted by atomic mass is 15.1. The third kappa shape index (κ3) is 3.45. The number of piperidine rings is 1. The van der Waals surface area contributed by atoms with E-state index < -0.39 is 0 Å². The maximum Gasteiger partial charge on any atom is 0.126 e. The molecule has 4 heteroatoms. The standard InChI is InChI=1S/C17H24N4/c1-2-9-21-10-7-15(8-11-21)19-17-6-3-13-12-14(18)4-5-16(13)20-17/h3-6,12,15H,2,7-11,18H2,1H3,(H,19,20). The Bertz CT molecular complexity index is 603. The minimum absolute atomic E-state index is 0.539. The number of nitrogen functional groups attached to an aromatic ring is 1. The number of fused-ring (bicyclic) bond motifs is 1. The third-order valence-electron chi connectivity index (χ3n) is 4.19. The number of anilines is 2. The number of hydrogen-bond acceptors (Lipinski definition) is 4. The second-order valence-corrected chi connectivity index (χ2v) is 5.91. The van der Waals surface area contributed by atoms with Gasteiger partial charge >= 0.3 is 0 Å². The summed E-state index contributed by atoms with van der Waals surface area (Å²) in [6.45, 7) is 5.85. The van der Waals surface area contributed by atoms with Crippen LogP contribution >= 0.6 is 0 Å². The lowest BCUT2D eigenvalue weighted by atomic mass is 10.0. The number of nitrogens with two attached hydrogens (primary N) is 1. The van der Waals surface area contributed by atoms with Crippen LogP contribution in [0.15, 0.2) is 30.3 Å². The second-order valence-electron chi connectivity index (χ2n) is 5.91. The van der Waals surface area contributed by atoms with E-state index in [1.807, 2.05) is 18.2 Å². The van der Waals surface area contributed by atoms with E-state index in [-0.39, 0.29) is 0 Å². The van der Waals surface area contributed by atoms with Gasteiger partial charge in [-0.1, -0.05) is 6.92 Å². The van der Waals surface area contributed by atoms with Crippen LogP contribution in [0.5, 0.6) is 0 Å². The molecule has 3 N–H and O–H groups in total. The number of aromatic nitrogens is 1. The number of nitrogens with one attached hydrogen (secondary N) is 1. The lowest BCUT2D eigenvalue weighted by Crippen LogP contribution is -2.39. The van der Waals surface area contributed by atoms with E-state index in [2.05, 4.69) is 34.3 Å². The van der Waals surface area contributed by atoms with Crippen molar-refractivity contribution >= 4 is 22.4 Å². The van der Waals surface area contributed by atoms with Crippen LogP contribution in [0.3, 0.4) is 0 Å². The van der Waals surface area contributed by atoms with Crippen LogP contribution in [0.2, 0.25) is 0 Å². The zero-order chi connectivity index (χ0) is 14.7. The molecule has 1 aromatic carbocycles. The summed E-state index contributed by atoms with van der Waals surface area (Å²) in [5, 5.41) is 4.68. The van der Waals surface area contributed by atoms with Crippen LogP contribution in [-0.4, -0.2) is 35.6 Å². The fraction of sp³-hybridized carbons (Fsp3) is 0.471. The van der Waals surface area contributed by atoms with Crippen LogP contribution in [0.1, 0.15) is 26.2 Å². The van der Waals surface area contributed by atoms with Crippen LogP contribution < -0.4 is 11.1 Å². The van der Waals surface area contributed by atoms with E-state index in [0.717, 1.165) is 22.4 Å². The van der Waals surface area contributed by atoms with Gasteiger partial charge in [0.15, 0.2) is 0 Å². The van der Waals surface area contributed by atoms with E-state index in [1.165, 1.54) is 38.9 Å². The lowest BCUT2D eigenvalue weighted by Gasteiger charge is -2.32. The second kappa shape index (κ2) is 6.31. The highest BCUT2D eigenvalue weighted by molar-refractivity contribution is 5.83. The summed E-state index contributed by atoms with van der Waals surface area (Å²) < 4.78 is 0. The smallest absolute Gasteiger partial charge is 0.126 e. The number of rotatable bonds is 4. The molecule has 0 aliphatic carbocycles. The van der Waals surface area contributed by atoms with Crippen molar-refractivity contribution in [1.82, 2.24) is 9.88 Å². The Balaban J connectivity index is 1.64. The molecule has 0 bridgehead atoms. The maximum absolute atomic E-state index is 5.80. The molecule has 1 aliphatic rings. The first-order chi connectivity index (χ1) is 10.2. The minimum Gasteiger partial charge on any atom is -0.399 e. The molecule has 21 heavy (non-hydrogen) atoms. The first-order valence-electron chi connectivity index (χ1n) is 7.90. The predicted octanol–water partition coefficient (Wildman–Crippen LogP) is 3.10. The largest absolute Gasteiger partial charge is 0.399 e. The van der Waals surface area contributed by atoms with Gasteiger partial charge in [-0.3, -0.25) is 0 Å². The maximum atomic E-state index is 5.80. The van der Waals surface area contributed by atoms with E-state index in [9.17, 15) is 0 Å². The fourth-order valence-corrected chi connectivity index (χ4v) is 3.05. The van der Waals surface area contributed by atoms with Gasteiger partial charge in [0.1, 0.15) is 5.82 Å². The molecule has 4 nitrogen and oxygen atoms in total. The van der Waals surface area contributed by atoms with Gasteiger partial charge in [0.05, 0.1) is 5.52 Å². The molecule has 1 fully saturated rings. The van der Waals surface area contributed by atoms with Crippen molar-refractivity contribution in [2.45, 2.75) is 32.2 Å². The Hall–Kier alpha value is -1.81. The number of nitrogens with zero attached hydrogens (tertiary/aromatic N) is 2. The number of pyridine rings is 1. The van der Waals surface area contributed by atoms with Gasteiger partial charge in [-0.05, 0) is 56.1 Å². The molecule has 1 saturated heterocycles. The summed E-state index contributed by atoms with van der Waals surface area (Å²) in [5.74, 6) is 0.973. The molecule has 2 aromatic rings. The highest BCUT2D eigenvalue weighted by Gasteiger charge is 2.18. The van der Waals surface area contributed by atoms with Crippen molar-refractivity contribution in [2.75, 3.05) is 30.7 Å². The predicted molar refractivity (Wildman–Crippen MR) is 89.5 cm³/mol. The molecule has 2 heterocycles. The van der Waals surface area contributed by atoms with E-state index >= 15 is 0 Å². The summed E-state index contributed by atoms with van der Waals surface area (Å²) >= 11 is 0. The van der Waals surface area contributed by atoms with E-state index in [4.69, 9.17) is 5.73 Å². The molecule has 0 saturated carbocycles. The summed E-state index contributed by atoms with van der Waals surface area (Å²) in [4.78, 5) is 7.24. The molecule has 3 rings (SSSR count). The van der Waals surface area contributed by atoms with Crippen LogP contribution in [0.25, 0.3) is 10.9 Å². The average Bonchev–Trinajstić information content (AvgIpc) is 2.50. The zero-order valence-electron chi connectivity index (χ0n) is 12.7. The molecule has 0 unspecified atom stereocenters. The topological polar surface area (TPSA) is 54.2 Å². The SMILES string of the molecule is CCCN1CCC(Nc2ccc3cc(N)ccc3n2)CC1. The minimum atomic E-state index is 0.539. The molecular formula is C17H24N4. The zero-order valence-corrected chi connectivity index (χ0v) is 12.7. The molecule has 0 atom stereocenters. The van der Waals surface area contributed by atoms with Gasteiger partial charge in [-0.2, -0.15) is 0 Å². The number of likely N-dealkylation sites (tertiary alicyclic amines) is 1. The van der Waals surface area contributed by atoms with Crippen molar-refractivity contribution < 1.29 is 0 Å². The van der Waals surface area contributed by atoms with E-state index in [0.29, 0.717) is 6.04 Å². The highest BCUT2D eigenvalue weighted by Crippen LogP contribution is 2.20. The molecular weight excluding hydrogens is 260 g/mol. The summed E-state index contributed by atoms with van der Waals surface area (Å²) in [6, 6.07) is 10.5. The van der Waals surface area contributed by atoms with Crippen LogP contribution in [-0.2, 0) is 0 Å². The summed E-state index contributed by atoms with van der Waals surface area (Å²) in [5.41, 5.74) is 7.58. The third-order valence-corrected chi connectivity index (χ3v) is 4.19. The Morgan fingerprint density at radius 2 is 2.05 bits per heavy atom. The Kier molecular flexibility index (Phi) is 4.25. The van der Waals surface area contributed by atoms with Crippen molar-refractivity contribution in [3.8, 4) is 0 Å².